The molecule has 2 amide bonds. The molecule has 0 aliphatic heterocycles. The number of nitrogens with zero attached hydrogens (tertiary/aromatic N) is 2. The number of likely N-dealkylation sites (N-methyl/N-ethyl adjacent to an activating group) is 1. The number of rotatable bonds is 11. The number of fused-ring (bicyclic) bond motifs is 1. The molecule has 0 aromatic heterocycles. The van der Waals surface area contributed by atoms with Crippen molar-refractivity contribution in [1.29, 1.82) is 0 Å². The lowest BCUT2D eigenvalue weighted by Crippen LogP contribution is -2.53. The molecule has 8 nitrogen and oxygen atoms in total. The van der Waals surface area contributed by atoms with Crippen LogP contribution < -0.4 is 10.1 Å². The van der Waals surface area contributed by atoms with Gasteiger partial charge in [0, 0.05) is 19.6 Å². The fourth-order valence-electron chi connectivity index (χ4n) is 5.31. The van der Waals surface area contributed by atoms with E-state index in [2.05, 4.69) is 5.32 Å². The molecule has 1 N–H and O–H groups in total. The highest BCUT2D eigenvalue weighted by Gasteiger charge is 2.33. The minimum atomic E-state index is -3.95. The number of nitrogens with one attached hydrogen (secondary N) is 1. The zero-order chi connectivity index (χ0) is 28.7. The van der Waals surface area contributed by atoms with Crippen LogP contribution in [0.5, 0.6) is 5.75 Å². The topological polar surface area (TPSA) is 96.0 Å². The van der Waals surface area contributed by atoms with E-state index in [0.717, 1.165) is 46.3 Å². The molecule has 9 heteroatoms. The molecule has 4 rings (SSSR count). The highest BCUT2D eigenvalue weighted by molar-refractivity contribution is 7.89. The number of hydrogen-bond donors (Lipinski definition) is 1. The van der Waals surface area contributed by atoms with E-state index in [1.165, 1.54) is 18.4 Å². The summed E-state index contributed by atoms with van der Waals surface area (Å²) in [7, 11) is -0.984. The van der Waals surface area contributed by atoms with Crippen molar-refractivity contribution in [3.8, 4) is 5.75 Å². The van der Waals surface area contributed by atoms with Crippen molar-refractivity contribution in [1.82, 2.24) is 14.5 Å². The van der Waals surface area contributed by atoms with E-state index < -0.39 is 28.5 Å². The first-order valence-corrected chi connectivity index (χ1v) is 15.3. The van der Waals surface area contributed by atoms with E-state index >= 15 is 0 Å². The molecule has 0 saturated heterocycles. The van der Waals surface area contributed by atoms with Gasteiger partial charge in [0.1, 0.15) is 11.8 Å². The molecule has 1 saturated carbocycles. The number of sulfonamides is 1. The molecule has 3 aromatic carbocycles. The first-order chi connectivity index (χ1) is 19.2. The van der Waals surface area contributed by atoms with Gasteiger partial charge in [-0.1, -0.05) is 68.7 Å². The van der Waals surface area contributed by atoms with Crippen molar-refractivity contribution in [3.63, 3.8) is 0 Å². The van der Waals surface area contributed by atoms with Crippen LogP contribution in [0.2, 0.25) is 0 Å². The van der Waals surface area contributed by atoms with Crippen molar-refractivity contribution in [2.45, 2.75) is 69.0 Å². The average molecular weight is 566 g/mol. The summed E-state index contributed by atoms with van der Waals surface area (Å²) >= 11 is 0. The van der Waals surface area contributed by atoms with E-state index in [1.807, 2.05) is 55.5 Å². The maximum absolute atomic E-state index is 13.8. The van der Waals surface area contributed by atoms with Crippen molar-refractivity contribution >= 4 is 32.6 Å². The highest BCUT2D eigenvalue weighted by Crippen LogP contribution is 2.23. The molecule has 0 bridgehead atoms. The van der Waals surface area contributed by atoms with Gasteiger partial charge in [0.05, 0.1) is 18.6 Å². The van der Waals surface area contributed by atoms with Gasteiger partial charge in [-0.3, -0.25) is 9.59 Å². The predicted octanol–water partition coefficient (Wildman–Crippen LogP) is 4.73. The average Bonchev–Trinajstić information content (AvgIpc) is 2.97. The summed E-state index contributed by atoms with van der Waals surface area (Å²) in [5.41, 5.74) is 0.789. The van der Waals surface area contributed by atoms with Crippen LogP contribution in [0.4, 0.5) is 0 Å². The lowest BCUT2D eigenvalue weighted by molar-refractivity contribution is -0.141. The van der Waals surface area contributed by atoms with Crippen molar-refractivity contribution in [3.05, 3.63) is 72.3 Å². The molecular weight excluding hydrogens is 526 g/mol. The van der Waals surface area contributed by atoms with Gasteiger partial charge in [0.2, 0.25) is 21.8 Å². The molecule has 1 atom stereocenters. The summed E-state index contributed by atoms with van der Waals surface area (Å²) in [5, 5.41) is 4.88. The smallest absolute Gasteiger partial charge is 0.243 e. The van der Waals surface area contributed by atoms with Crippen LogP contribution in [0.15, 0.2) is 71.6 Å². The predicted molar refractivity (Wildman–Crippen MR) is 156 cm³/mol. The zero-order valence-corrected chi connectivity index (χ0v) is 24.3. The molecule has 1 aliphatic rings. The lowest BCUT2D eigenvalue weighted by Gasteiger charge is -2.33. The van der Waals surface area contributed by atoms with E-state index in [-0.39, 0.29) is 23.4 Å². The molecule has 0 heterocycles. The Hall–Kier alpha value is -3.43. The number of methoxy groups -OCH3 is 1. The molecule has 3 aromatic rings. The second kappa shape index (κ2) is 13.3. The molecule has 1 aliphatic carbocycles. The third-order valence-corrected chi connectivity index (χ3v) is 9.41. The molecule has 0 radical (unpaired) electrons. The highest BCUT2D eigenvalue weighted by atomic mass is 32.2. The summed E-state index contributed by atoms with van der Waals surface area (Å²) in [6, 6.07) is 19.1. The monoisotopic (exact) mass is 565 g/mol. The van der Waals surface area contributed by atoms with Crippen LogP contribution in [0.1, 0.15) is 51.0 Å². The third kappa shape index (κ3) is 7.01. The Balaban J connectivity index is 1.58. The maximum Gasteiger partial charge on any atom is 0.243 e. The fourth-order valence-corrected chi connectivity index (χ4v) is 6.46. The van der Waals surface area contributed by atoms with E-state index in [0.29, 0.717) is 12.2 Å². The molecule has 0 unspecified atom stereocenters. The summed E-state index contributed by atoms with van der Waals surface area (Å²) in [6.07, 6.45) is 5.58. The van der Waals surface area contributed by atoms with Gasteiger partial charge in [-0.2, -0.15) is 4.31 Å². The van der Waals surface area contributed by atoms with Gasteiger partial charge in [0.15, 0.2) is 0 Å². The minimum Gasteiger partial charge on any atom is -0.497 e. The second-order valence-electron chi connectivity index (χ2n) is 10.4. The Bertz CT molecular complexity index is 1440. The fraction of sp³-hybridized carbons (Fsp3) is 0.419. The minimum absolute atomic E-state index is 0.0972. The van der Waals surface area contributed by atoms with Crippen LogP contribution in [0, 0.1) is 0 Å². The maximum atomic E-state index is 13.8. The van der Waals surface area contributed by atoms with Crippen molar-refractivity contribution < 1.29 is 22.7 Å². The standard InChI is InChI=1S/C31H39N3O5S/c1-4-29(31(36)32-26-14-6-5-7-15-26)34(21-23-11-10-16-27(19-23)39-3)30(35)22-33(2)40(37,38)28-18-17-24-12-8-9-13-25(24)20-28/h8-13,16-20,26,29H,4-7,14-15,21-22H2,1-3H3,(H,32,36)/t29-/m0/s1. The van der Waals surface area contributed by atoms with E-state index in [9.17, 15) is 18.0 Å². The molecule has 1 fully saturated rings. The number of amides is 2. The van der Waals surface area contributed by atoms with Crippen LogP contribution >= 0.6 is 0 Å². The van der Waals surface area contributed by atoms with Crippen molar-refractivity contribution in [2.24, 2.45) is 0 Å². The molecule has 0 spiro atoms. The summed E-state index contributed by atoms with van der Waals surface area (Å²) < 4.78 is 33.4. The Morgan fingerprint density at radius 2 is 1.70 bits per heavy atom. The zero-order valence-electron chi connectivity index (χ0n) is 23.5. The Kier molecular flexibility index (Phi) is 9.81. The van der Waals surface area contributed by atoms with Crippen LogP contribution in [0.3, 0.4) is 0 Å². The van der Waals surface area contributed by atoms with Gasteiger partial charge < -0.3 is 15.0 Å². The van der Waals surface area contributed by atoms with Gasteiger partial charge in [0.25, 0.3) is 0 Å². The van der Waals surface area contributed by atoms with Gasteiger partial charge >= 0.3 is 0 Å². The van der Waals surface area contributed by atoms with Crippen molar-refractivity contribution in [2.75, 3.05) is 20.7 Å². The number of carbonyl (C=O) groups excluding carboxylic acids is 2. The first-order valence-electron chi connectivity index (χ1n) is 13.9. The number of carbonyl (C=O) groups is 2. The molecular formula is C31H39N3O5S. The van der Waals surface area contributed by atoms with Gasteiger partial charge in [-0.15, -0.1) is 0 Å². The SMILES string of the molecule is CC[C@@H](C(=O)NC1CCCCC1)N(Cc1cccc(OC)c1)C(=O)CN(C)S(=O)(=O)c1ccc2ccccc2c1. The summed E-state index contributed by atoms with van der Waals surface area (Å²) in [6.45, 7) is 1.62. The van der Waals surface area contributed by atoms with Crippen LogP contribution in [-0.4, -0.2) is 62.2 Å². The Morgan fingerprint density at radius 3 is 2.40 bits per heavy atom. The number of hydrogen-bond acceptors (Lipinski definition) is 5. The van der Waals surface area contributed by atoms with Gasteiger partial charge in [-0.05, 0) is 59.9 Å². The normalized spacial score (nSPS) is 15.1. The Morgan fingerprint density at radius 1 is 0.975 bits per heavy atom. The Labute approximate surface area is 237 Å². The van der Waals surface area contributed by atoms with Gasteiger partial charge in [-0.25, -0.2) is 8.42 Å². The number of benzene rings is 3. The lowest BCUT2D eigenvalue weighted by atomic mass is 9.95. The molecule has 214 valence electrons. The largest absolute Gasteiger partial charge is 0.497 e. The summed E-state index contributed by atoms with van der Waals surface area (Å²) in [5.74, 6) is -0.00776. The van der Waals surface area contributed by atoms with E-state index in [1.54, 1.807) is 25.3 Å². The quantitative estimate of drug-likeness (QED) is 0.363. The first kappa shape index (κ1) is 29.6. The third-order valence-electron chi connectivity index (χ3n) is 7.61. The van der Waals surface area contributed by atoms with Crippen LogP contribution in [-0.2, 0) is 26.2 Å². The van der Waals surface area contributed by atoms with Crippen LogP contribution in [0.25, 0.3) is 10.8 Å². The number of ether oxygens (including phenoxy) is 1. The summed E-state index contributed by atoms with van der Waals surface area (Å²) in [4.78, 5) is 28.9. The second-order valence-corrected chi connectivity index (χ2v) is 12.5. The van der Waals surface area contributed by atoms with E-state index in [4.69, 9.17) is 4.74 Å². The molecule has 40 heavy (non-hydrogen) atoms.